The summed E-state index contributed by atoms with van der Waals surface area (Å²) in [5.41, 5.74) is -0.665. The number of hydrogen-bond donors (Lipinski definition) is 2. The molecule has 0 saturated heterocycles. The molecule has 104 valence electrons. The zero-order valence-corrected chi connectivity index (χ0v) is 12.2. The molecule has 1 atom stereocenters. The number of tetrazole rings is 1. The standard InChI is InChI=1S/C11H23N5OS/c1-4-6-12-7-8-16-10(13-14-15-16)18-9-11(3,17)5-2/h12,17H,4-9H2,1-3H3. The van der Waals surface area contributed by atoms with Gasteiger partial charge in [-0.3, -0.25) is 0 Å². The zero-order valence-electron chi connectivity index (χ0n) is 11.4. The van der Waals surface area contributed by atoms with Gasteiger partial charge in [-0.05, 0) is 36.7 Å². The van der Waals surface area contributed by atoms with E-state index in [-0.39, 0.29) is 0 Å². The molecule has 2 N–H and O–H groups in total. The molecule has 0 bridgehead atoms. The van der Waals surface area contributed by atoms with Gasteiger partial charge >= 0.3 is 0 Å². The Bertz CT molecular complexity index is 342. The van der Waals surface area contributed by atoms with Gasteiger partial charge in [0, 0.05) is 12.3 Å². The summed E-state index contributed by atoms with van der Waals surface area (Å²) in [4.78, 5) is 0. The van der Waals surface area contributed by atoms with Crippen LogP contribution < -0.4 is 5.32 Å². The van der Waals surface area contributed by atoms with E-state index >= 15 is 0 Å². The molecule has 0 aliphatic carbocycles. The van der Waals surface area contributed by atoms with Crippen LogP contribution >= 0.6 is 11.8 Å². The van der Waals surface area contributed by atoms with Gasteiger partial charge in [-0.2, -0.15) is 0 Å². The van der Waals surface area contributed by atoms with Gasteiger partial charge in [-0.25, -0.2) is 4.68 Å². The Kier molecular flexibility index (Phi) is 6.59. The van der Waals surface area contributed by atoms with E-state index in [9.17, 15) is 5.11 Å². The van der Waals surface area contributed by atoms with E-state index in [2.05, 4.69) is 27.8 Å². The van der Waals surface area contributed by atoms with Crippen LogP contribution in [0.3, 0.4) is 0 Å². The predicted molar refractivity (Wildman–Crippen MR) is 72.6 cm³/mol. The minimum absolute atomic E-state index is 0.603. The molecule has 1 unspecified atom stereocenters. The average molecular weight is 273 g/mol. The maximum Gasteiger partial charge on any atom is 0.209 e. The second-order valence-electron chi connectivity index (χ2n) is 4.57. The maximum absolute atomic E-state index is 9.95. The zero-order chi connectivity index (χ0) is 13.4. The fourth-order valence-corrected chi connectivity index (χ4v) is 2.26. The first-order valence-electron chi connectivity index (χ1n) is 6.41. The summed E-state index contributed by atoms with van der Waals surface area (Å²) in [5, 5.41) is 25.6. The van der Waals surface area contributed by atoms with Gasteiger partial charge in [-0.1, -0.05) is 25.6 Å². The van der Waals surface area contributed by atoms with Gasteiger partial charge in [0.1, 0.15) is 0 Å². The first kappa shape index (κ1) is 15.4. The van der Waals surface area contributed by atoms with Crippen LogP contribution in [0.15, 0.2) is 5.16 Å². The van der Waals surface area contributed by atoms with Crippen molar-refractivity contribution in [3.8, 4) is 0 Å². The van der Waals surface area contributed by atoms with Crippen LogP contribution in [0.5, 0.6) is 0 Å². The Morgan fingerprint density at radius 1 is 1.39 bits per heavy atom. The second kappa shape index (κ2) is 7.70. The minimum Gasteiger partial charge on any atom is -0.389 e. The van der Waals surface area contributed by atoms with Crippen LogP contribution in [0.25, 0.3) is 0 Å². The average Bonchev–Trinajstić information content (AvgIpc) is 2.80. The second-order valence-corrected chi connectivity index (χ2v) is 5.52. The Labute approximate surface area is 113 Å². The van der Waals surface area contributed by atoms with Crippen molar-refractivity contribution in [2.75, 3.05) is 18.8 Å². The van der Waals surface area contributed by atoms with Gasteiger partial charge in [-0.15, -0.1) is 5.10 Å². The molecular formula is C11H23N5OS. The van der Waals surface area contributed by atoms with E-state index in [1.54, 1.807) is 4.68 Å². The molecule has 0 spiro atoms. The van der Waals surface area contributed by atoms with Crippen molar-refractivity contribution in [2.24, 2.45) is 0 Å². The summed E-state index contributed by atoms with van der Waals surface area (Å²) in [5.74, 6) is 0.603. The summed E-state index contributed by atoms with van der Waals surface area (Å²) >= 11 is 1.50. The smallest absolute Gasteiger partial charge is 0.209 e. The van der Waals surface area contributed by atoms with Crippen LogP contribution in [0.2, 0.25) is 0 Å². The van der Waals surface area contributed by atoms with E-state index < -0.39 is 5.60 Å². The van der Waals surface area contributed by atoms with Crippen molar-refractivity contribution in [2.45, 2.75) is 50.9 Å². The molecule has 0 radical (unpaired) electrons. The summed E-state index contributed by atoms with van der Waals surface area (Å²) in [6.45, 7) is 8.56. The number of aromatic nitrogens is 4. The van der Waals surface area contributed by atoms with Crippen molar-refractivity contribution in [3.05, 3.63) is 0 Å². The maximum atomic E-state index is 9.95. The molecule has 1 rings (SSSR count). The van der Waals surface area contributed by atoms with Gasteiger partial charge in [0.05, 0.1) is 12.1 Å². The number of rotatable bonds is 9. The van der Waals surface area contributed by atoms with Gasteiger partial charge in [0.25, 0.3) is 0 Å². The van der Waals surface area contributed by atoms with E-state index in [1.165, 1.54) is 11.8 Å². The molecule has 0 aliphatic rings. The molecule has 7 heteroatoms. The molecule has 1 heterocycles. The Morgan fingerprint density at radius 3 is 2.83 bits per heavy atom. The minimum atomic E-state index is -0.665. The highest BCUT2D eigenvalue weighted by Gasteiger charge is 2.19. The topological polar surface area (TPSA) is 75.9 Å². The van der Waals surface area contributed by atoms with E-state index in [0.29, 0.717) is 5.75 Å². The molecule has 0 aliphatic heterocycles. The summed E-state index contributed by atoms with van der Waals surface area (Å²) < 4.78 is 1.78. The van der Waals surface area contributed by atoms with Crippen molar-refractivity contribution in [1.29, 1.82) is 0 Å². The van der Waals surface area contributed by atoms with E-state index in [0.717, 1.165) is 37.6 Å². The lowest BCUT2D eigenvalue weighted by atomic mass is 10.1. The molecule has 0 fully saturated rings. The van der Waals surface area contributed by atoms with Crippen LogP contribution in [-0.2, 0) is 6.54 Å². The highest BCUT2D eigenvalue weighted by Crippen LogP contribution is 2.21. The third kappa shape index (κ3) is 5.32. The van der Waals surface area contributed by atoms with Crippen LogP contribution in [-0.4, -0.2) is 49.8 Å². The summed E-state index contributed by atoms with van der Waals surface area (Å²) in [7, 11) is 0. The lowest BCUT2D eigenvalue weighted by molar-refractivity contribution is 0.0815. The highest BCUT2D eigenvalue weighted by molar-refractivity contribution is 7.99. The molecule has 1 aromatic rings. The predicted octanol–water partition coefficient (Wildman–Crippen LogP) is 0.926. The molecule has 1 aromatic heterocycles. The molecule has 0 aromatic carbocycles. The Morgan fingerprint density at radius 2 is 2.17 bits per heavy atom. The number of thioether (sulfide) groups is 1. The third-order valence-electron chi connectivity index (χ3n) is 2.70. The first-order valence-corrected chi connectivity index (χ1v) is 7.39. The fraction of sp³-hybridized carbons (Fsp3) is 0.909. The van der Waals surface area contributed by atoms with Crippen molar-refractivity contribution in [3.63, 3.8) is 0 Å². The quantitative estimate of drug-likeness (QED) is 0.515. The van der Waals surface area contributed by atoms with Crippen LogP contribution in [0, 0.1) is 0 Å². The van der Waals surface area contributed by atoms with Gasteiger partial charge < -0.3 is 10.4 Å². The fourth-order valence-electron chi connectivity index (χ4n) is 1.25. The molecule has 0 saturated carbocycles. The highest BCUT2D eigenvalue weighted by atomic mass is 32.2. The van der Waals surface area contributed by atoms with Crippen molar-refractivity contribution < 1.29 is 5.11 Å². The first-order chi connectivity index (χ1) is 8.59. The molecular weight excluding hydrogens is 250 g/mol. The lowest BCUT2D eigenvalue weighted by Crippen LogP contribution is -2.26. The van der Waals surface area contributed by atoms with Crippen LogP contribution in [0.4, 0.5) is 0 Å². The van der Waals surface area contributed by atoms with E-state index in [4.69, 9.17) is 0 Å². The van der Waals surface area contributed by atoms with Crippen LogP contribution in [0.1, 0.15) is 33.6 Å². The number of aliphatic hydroxyl groups is 1. The normalized spacial score (nSPS) is 14.7. The molecule has 0 amide bonds. The summed E-state index contributed by atoms with van der Waals surface area (Å²) in [6.07, 6.45) is 1.84. The SMILES string of the molecule is CCCNCCn1nnnc1SCC(C)(O)CC. The largest absolute Gasteiger partial charge is 0.389 e. The van der Waals surface area contributed by atoms with E-state index in [1.807, 2.05) is 13.8 Å². The van der Waals surface area contributed by atoms with Gasteiger partial charge in [0.15, 0.2) is 0 Å². The van der Waals surface area contributed by atoms with Gasteiger partial charge in [0.2, 0.25) is 5.16 Å². The van der Waals surface area contributed by atoms with Crippen molar-refractivity contribution in [1.82, 2.24) is 25.5 Å². The molecule has 6 nitrogen and oxygen atoms in total. The summed E-state index contributed by atoms with van der Waals surface area (Å²) in [6, 6.07) is 0. The Hall–Kier alpha value is -0.660. The Balaban J connectivity index is 2.40. The monoisotopic (exact) mass is 273 g/mol. The third-order valence-corrected chi connectivity index (χ3v) is 4.02. The number of nitrogens with one attached hydrogen (secondary N) is 1. The number of nitrogens with zero attached hydrogens (tertiary/aromatic N) is 4. The van der Waals surface area contributed by atoms with Crippen molar-refractivity contribution >= 4 is 11.8 Å². The lowest BCUT2D eigenvalue weighted by Gasteiger charge is -2.19. The number of hydrogen-bond acceptors (Lipinski definition) is 6. The molecule has 18 heavy (non-hydrogen) atoms.